The molecule has 78 valence electrons. The molecule has 1 rings (SSSR count). The number of hydrazine groups is 1. The number of nitrogens with one attached hydrogen (secondary N) is 1. The smallest absolute Gasteiger partial charge is 0.128 e. The predicted molar refractivity (Wildman–Crippen MR) is 56.0 cm³/mol. The summed E-state index contributed by atoms with van der Waals surface area (Å²) in [5.74, 6) is 5.46. The Balaban J connectivity index is 3.04. The van der Waals surface area contributed by atoms with Crippen LogP contribution >= 0.6 is 0 Å². The number of aryl methyl sites for hydroxylation is 1. The standard InChI is InChI=1S/C11H17FN2/c1-7(2)11(14-13)9-5-4-8(3)6-10(9)12/h4-7,11,14H,13H2,1-3H3. The molecule has 0 aliphatic rings. The molecule has 1 unspecified atom stereocenters. The Hall–Kier alpha value is -0.930. The zero-order valence-electron chi connectivity index (χ0n) is 8.84. The number of nitrogens with two attached hydrogens (primary N) is 1. The molecular formula is C11H17FN2. The molecule has 0 aliphatic heterocycles. The van der Waals surface area contributed by atoms with Gasteiger partial charge in [-0.15, -0.1) is 0 Å². The van der Waals surface area contributed by atoms with Gasteiger partial charge < -0.3 is 0 Å². The molecule has 3 N–H and O–H groups in total. The van der Waals surface area contributed by atoms with E-state index in [1.165, 1.54) is 6.07 Å². The zero-order chi connectivity index (χ0) is 10.7. The molecule has 1 aromatic carbocycles. The van der Waals surface area contributed by atoms with Crippen LogP contribution in [0.25, 0.3) is 0 Å². The molecule has 0 aliphatic carbocycles. The molecule has 1 atom stereocenters. The Bertz CT molecular complexity index is 310. The highest BCUT2D eigenvalue weighted by atomic mass is 19.1. The zero-order valence-corrected chi connectivity index (χ0v) is 8.84. The summed E-state index contributed by atoms with van der Waals surface area (Å²) in [6.07, 6.45) is 0. The highest BCUT2D eigenvalue weighted by Crippen LogP contribution is 2.23. The molecule has 2 nitrogen and oxygen atoms in total. The molecule has 1 aromatic rings. The van der Waals surface area contributed by atoms with Gasteiger partial charge in [0.15, 0.2) is 0 Å². The third-order valence-corrected chi connectivity index (χ3v) is 2.34. The van der Waals surface area contributed by atoms with E-state index in [1.54, 1.807) is 6.07 Å². The fourth-order valence-electron chi connectivity index (χ4n) is 1.53. The molecule has 0 bridgehead atoms. The minimum atomic E-state index is -0.193. The Labute approximate surface area is 84.3 Å². The number of hydrogen-bond donors (Lipinski definition) is 2. The first-order valence-electron chi connectivity index (χ1n) is 4.78. The van der Waals surface area contributed by atoms with E-state index in [9.17, 15) is 4.39 Å². The highest BCUT2D eigenvalue weighted by Gasteiger charge is 2.17. The SMILES string of the molecule is Cc1ccc(C(NN)C(C)C)c(F)c1. The molecule has 0 saturated heterocycles. The van der Waals surface area contributed by atoms with E-state index < -0.39 is 0 Å². The van der Waals surface area contributed by atoms with Crippen molar-refractivity contribution in [2.24, 2.45) is 11.8 Å². The third kappa shape index (κ3) is 2.30. The van der Waals surface area contributed by atoms with E-state index in [0.29, 0.717) is 5.56 Å². The molecule has 0 aromatic heterocycles. The third-order valence-electron chi connectivity index (χ3n) is 2.34. The molecule has 0 radical (unpaired) electrons. The molecule has 14 heavy (non-hydrogen) atoms. The molecule has 0 spiro atoms. The van der Waals surface area contributed by atoms with Crippen molar-refractivity contribution >= 4 is 0 Å². The first kappa shape index (κ1) is 11.1. The second-order valence-corrected chi connectivity index (χ2v) is 3.91. The van der Waals surface area contributed by atoms with Gasteiger partial charge in [-0.2, -0.15) is 0 Å². The van der Waals surface area contributed by atoms with E-state index >= 15 is 0 Å². The Morgan fingerprint density at radius 3 is 2.43 bits per heavy atom. The summed E-state index contributed by atoms with van der Waals surface area (Å²) in [5.41, 5.74) is 4.19. The van der Waals surface area contributed by atoms with Crippen LogP contribution in [-0.2, 0) is 0 Å². The molecule has 0 fully saturated rings. The quantitative estimate of drug-likeness (QED) is 0.575. The Morgan fingerprint density at radius 1 is 1.36 bits per heavy atom. The highest BCUT2D eigenvalue weighted by molar-refractivity contribution is 5.26. The van der Waals surface area contributed by atoms with Crippen molar-refractivity contribution in [1.82, 2.24) is 5.43 Å². The van der Waals surface area contributed by atoms with Crippen molar-refractivity contribution in [3.05, 3.63) is 35.1 Å². The Morgan fingerprint density at radius 2 is 2.00 bits per heavy atom. The molecule has 0 amide bonds. The van der Waals surface area contributed by atoms with Crippen molar-refractivity contribution in [3.63, 3.8) is 0 Å². The van der Waals surface area contributed by atoms with Gasteiger partial charge in [-0.25, -0.2) is 4.39 Å². The van der Waals surface area contributed by atoms with Gasteiger partial charge in [-0.3, -0.25) is 11.3 Å². The molecular weight excluding hydrogens is 179 g/mol. The lowest BCUT2D eigenvalue weighted by atomic mass is 9.95. The lowest BCUT2D eigenvalue weighted by molar-refractivity contribution is 0.405. The van der Waals surface area contributed by atoms with Crippen molar-refractivity contribution in [2.45, 2.75) is 26.8 Å². The second kappa shape index (κ2) is 4.53. The number of hydrogen-bond acceptors (Lipinski definition) is 2. The maximum Gasteiger partial charge on any atom is 0.128 e. The Kier molecular flexibility index (Phi) is 3.61. The predicted octanol–water partition coefficient (Wildman–Crippen LogP) is 2.29. The van der Waals surface area contributed by atoms with Gasteiger partial charge in [0, 0.05) is 5.56 Å². The summed E-state index contributed by atoms with van der Waals surface area (Å²) in [6, 6.07) is 5.08. The van der Waals surface area contributed by atoms with E-state index in [1.807, 2.05) is 26.8 Å². The lowest BCUT2D eigenvalue weighted by Gasteiger charge is -2.20. The van der Waals surface area contributed by atoms with E-state index in [2.05, 4.69) is 5.43 Å². The van der Waals surface area contributed by atoms with Gasteiger partial charge >= 0.3 is 0 Å². The normalized spacial score (nSPS) is 13.3. The van der Waals surface area contributed by atoms with Crippen molar-refractivity contribution in [2.75, 3.05) is 0 Å². The minimum Gasteiger partial charge on any atom is -0.271 e. The largest absolute Gasteiger partial charge is 0.271 e. The fraction of sp³-hybridized carbons (Fsp3) is 0.455. The van der Waals surface area contributed by atoms with Crippen LogP contribution in [0, 0.1) is 18.7 Å². The monoisotopic (exact) mass is 196 g/mol. The summed E-state index contributed by atoms with van der Waals surface area (Å²) < 4.78 is 13.6. The molecule has 3 heteroatoms. The van der Waals surface area contributed by atoms with Gasteiger partial charge in [-0.1, -0.05) is 26.0 Å². The molecule has 0 heterocycles. The second-order valence-electron chi connectivity index (χ2n) is 3.91. The van der Waals surface area contributed by atoms with Crippen molar-refractivity contribution in [3.8, 4) is 0 Å². The summed E-state index contributed by atoms with van der Waals surface area (Å²) in [5, 5.41) is 0. The summed E-state index contributed by atoms with van der Waals surface area (Å²) in [7, 11) is 0. The van der Waals surface area contributed by atoms with E-state index in [0.717, 1.165) is 5.56 Å². The van der Waals surface area contributed by atoms with Gasteiger partial charge in [0.25, 0.3) is 0 Å². The minimum absolute atomic E-state index is 0.129. The number of rotatable bonds is 3. The van der Waals surface area contributed by atoms with Crippen LogP contribution in [0.4, 0.5) is 4.39 Å². The lowest BCUT2D eigenvalue weighted by Crippen LogP contribution is -2.32. The number of halogens is 1. The van der Waals surface area contributed by atoms with Crippen molar-refractivity contribution < 1.29 is 4.39 Å². The summed E-state index contributed by atoms with van der Waals surface area (Å²) >= 11 is 0. The number of benzene rings is 1. The van der Waals surface area contributed by atoms with Gasteiger partial charge in [-0.05, 0) is 24.5 Å². The van der Waals surface area contributed by atoms with Crippen LogP contribution in [0.2, 0.25) is 0 Å². The average molecular weight is 196 g/mol. The van der Waals surface area contributed by atoms with Crippen LogP contribution < -0.4 is 11.3 Å². The van der Waals surface area contributed by atoms with Gasteiger partial charge in [0.2, 0.25) is 0 Å². The van der Waals surface area contributed by atoms with Crippen molar-refractivity contribution in [1.29, 1.82) is 0 Å². The van der Waals surface area contributed by atoms with E-state index in [4.69, 9.17) is 5.84 Å². The first-order valence-corrected chi connectivity index (χ1v) is 4.78. The van der Waals surface area contributed by atoms with Gasteiger partial charge in [0.05, 0.1) is 6.04 Å². The van der Waals surface area contributed by atoms with Crippen LogP contribution in [0.5, 0.6) is 0 Å². The maximum absolute atomic E-state index is 13.6. The fourth-order valence-corrected chi connectivity index (χ4v) is 1.53. The van der Waals surface area contributed by atoms with Crippen LogP contribution in [0.15, 0.2) is 18.2 Å². The van der Waals surface area contributed by atoms with Crippen LogP contribution in [0.3, 0.4) is 0 Å². The van der Waals surface area contributed by atoms with E-state index in [-0.39, 0.29) is 17.8 Å². The maximum atomic E-state index is 13.6. The average Bonchev–Trinajstić information content (AvgIpc) is 2.09. The van der Waals surface area contributed by atoms with Gasteiger partial charge in [0.1, 0.15) is 5.82 Å². The van der Waals surface area contributed by atoms with Crippen LogP contribution in [0.1, 0.15) is 31.0 Å². The molecule has 0 saturated carbocycles. The first-order chi connectivity index (χ1) is 6.56. The van der Waals surface area contributed by atoms with Crippen LogP contribution in [-0.4, -0.2) is 0 Å². The summed E-state index contributed by atoms with van der Waals surface area (Å²) in [4.78, 5) is 0. The summed E-state index contributed by atoms with van der Waals surface area (Å²) in [6.45, 7) is 5.88. The topological polar surface area (TPSA) is 38.0 Å².